The molecule has 6 heteroatoms. The van der Waals surface area contributed by atoms with Crippen LogP contribution in [0.25, 0.3) is 0 Å². The molecule has 18 heavy (non-hydrogen) atoms. The number of esters is 1. The molecule has 0 aromatic heterocycles. The molecule has 6 nitrogen and oxygen atoms in total. The van der Waals surface area contributed by atoms with E-state index < -0.39 is 12.0 Å². The fourth-order valence-corrected chi connectivity index (χ4v) is 2.25. The Balaban J connectivity index is 2.60. The Morgan fingerprint density at radius 2 is 2.11 bits per heavy atom. The molecular formula is C12H21NO5. The van der Waals surface area contributed by atoms with Gasteiger partial charge in [0, 0.05) is 12.6 Å². The van der Waals surface area contributed by atoms with E-state index in [1.165, 1.54) is 7.11 Å². The Bertz CT molecular complexity index is 305. The molecule has 0 bridgehead atoms. The third-order valence-corrected chi connectivity index (χ3v) is 3.14. The Kier molecular flexibility index (Phi) is 5.55. The van der Waals surface area contributed by atoms with Crippen molar-refractivity contribution < 1.29 is 24.2 Å². The molecule has 1 saturated heterocycles. The van der Waals surface area contributed by atoms with Crippen LogP contribution >= 0.6 is 0 Å². The summed E-state index contributed by atoms with van der Waals surface area (Å²) in [5, 5.41) is 8.57. The number of nitrogens with zero attached hydrogens (tertiary/aromatic N) is 1. The lowest BCUT2D eigenvalue weighted by Gasteiger charge is -2.28. The summed E-state index contributed by atoms with van der Waals surface area (Å²) in [6.07, 6.45) is 0.392. The molecule has 1 aliphatic heterocycles. The molecule has 2 atom stereocenters. The minimum Gasteiger partial charge on any atom is -0.481 e. The highest BCUT2D eigenvalue weighted by Crippen LogP contribution is 2.24. The first kappa shape index (κ1) is 14.9. The second-order valence-corrected chi connectivity index (χ2v) is 4.64. The van der Waals surface area contributed by atoms with E-state index in [-0.39, 0.29) is 31.1 Å². The number of ether oxygens (including phenoxy) is 2. The van der Waals surface area contributed by atoms with E-state index >= 15 is 0 Å². The largest absolute Gasteiger partial charge is 0.481 e. The van der Waals surface area contributed by atoms with E-state index in [4.69, 9.17) is 14.6 Å². The monoisotopic (exact) mass is 259 g/mol. The number of methoxy groups -OCH3 is 1. The first-order chi connectivity index (χ1) is 8.47. The summed E-state index contributed by atoms with van der Waals surface area (Å²) < 4.78 is 10.3. The summed E-state index contributed by atoms with van der Waals surface area (Å²) in [7, 11) is 1.35. The summed E-state index contributed by atoms with van der Waals surface area (Å²) in [4.78, 5) is 24.2. The Labute approximate surface area is 107 Å². The highest BCUT2D eigenvalue weighted by atomic mass is 16.5. The Morgan fingerprint density at radius 3 is 2.61 bits per heavy atom. The molecule has 0 aromatic rings. The van der Waals surface area contributed by atoms with Crippen molar-refractivity contribution in [2.24, 2.45) is 0 Å². The van der Waals surface area contributed by atoms with Crippen LogP contribution in [0.5, 0.6) is 0 Å². The maximum Gasteiger partial charge on any atom is 0.325 e. The van der Waals surface area contributed by atoms with E-state index in [9.17, 15) is 9.59 Å². The molecule has 0 saturated carbocycles. The van der Waals surface area contributed by atoms with E-state index in [1.807, 2.05) is 18.7 Å². The summed E-state index contributed by atoms with van der Waals surface area (Å²) in [6.45, 7) is 4.90. The van der Waals surface area contributed by atoms with Crippen LogP contribution in [0, 0.1) is 0 Å². The van der Waals surface area contributed by atoms with Crippen molar-refractivity contribution in [1.82, 2.24) is 4.90 Å². The topological polar surface area (TPSA) is 76.1 Å². The van der Waals surface area contributed by atoms with Gasteiger partial charge in [0.25, 0.3) is 0 Å². The zero-order valence-corrected chi connectivity index (χ0v) is 11.1. The maximum atomic E-state index is 11.8. The quantitative estimate of drug-likeness (QED) is 0.700. The lowest BCUT2D eigenvalue weighted by atomic mass is 10.1. The standard InChI is InChI=1S/C12H21NO5/c1-8(2)13-6-4-9(11(13)12(16)17-3)18-7-5-10(14)15/h8-9,11H,4-7H2,1-3H3,(H,14,15)/t9-,11-/m0/s1. The van der Waals surface area contributed by atoms with Crippen molar-refractivity contribution in [3.63, 3.8) is 0 Å². The first-order valence-corrected chi connectivity index (χ1v) is 6.14. The van der Waals surface area contributed by atoms with E-state index in [0.29, 0.717) is 0 Å². The number of carboxylic acids is 1. The van der Waals surface area contributed by atoms with Crippen molar-refractivity contribution in [2.75, 3.05) is 20.3 Å². The Morgan fingerprint density at radius 1 is 1.44 bits per heavy atom. The molecule has 1 heterocycles. The fourth-order valence-electron chi connectivity index (χ4n) is 2.25. The van der Waals surface area contributed by atoms with Gasteiger partial charge in [-0.25, -0.2) is 0 Å². The molecule has 0 unspecified atom stereocenters. The van der Waals surface area contributed by atoms with Crippen molar-refractivity contribution in [1.29, 1.82) is 0 Å². The zero-order chi connectivity index (χ0) is 13.7. The average Bonchev–Trinajstić information content (AvgIpc) is 2.71. The van der Waals surface area contributed by atoms with Gasteiger partial charge in [-0.1, -0.05) is 0 Å². The summed E-state index contributed by atoms with van der Waals surface area (Å²) in [5.41, 5.74) is 0. The number of carboxylic acid groups (broad SMARTS) is 1. The van der Waals surface area contributed by atoms with Crippen molar-refractivity contribution >= 4 is 11.9 Å². The van der Waals surface area contributed by atoms with E-state index in [0.717, 1.165) is 13.0 Å². The minimum absolute atomic E-state index is 0.0495. The third kappa shape index (κ3) is 3.68. The second kappa shape index (κ2) is 6.70. The SMILES string of the molecule is COC(=O)[C@@H]1[C@@H](OCCC(=O)O)CCN1C(C)C. The lowest BCUT2D eigenvalue weighted by Crippen LogP contribution is -2.46. The number of carbonyl (C=O) groups is 2. The van der Waals surface area contributed by atoms with Gasteiger partial charge in [-0.3, -0.25) is 14.5 Å². The highest BCUT2D eigenvalue weighted by molar-refractivity contribution is 5.77. The van der Waals surface area contributed by atoms with Crippen LogP contribution in [-0.4, -0.2) is 60.4 Å². The van der Waals surface area contributed by atoms with Gasteiger partial charge in [-0.15, -0.1) is 0 Å². The second-order valence-electron chi connectivity index (χ2n) is 4.64. The Hall–Kier alpha value is -1.14. The van der Waals surface area contributed by atoms with Gasteiger partial charge in [0.15, 0.2) is 0 Å². The molecule has 1 fully saturated rings. The molecule has 1 aliphatic rings. The molecule has 104 valence electrons. The predicted molar refractivity (Wildman–Crippen MR) is 64.3 cm³/mol. The van der Waals surface area contributed by atoms with Gasteiger partial charge >= 0.3 is 11.9 Å². The van der Waals surface area contributed by atoms with Gasteiger partial charge in [0.2, 0.25) is 0 Å². The van der Waals surface area contributed by atoms with Crippen LogP contribution in [0.3, 0.4) is 0 Å². The zero-order valence-electron chi connectivity index (χ0n) is 11.1. The molecule has 0 spiro atoms. The smallest absolute Gasteiger partial charge is 0.325 e. The lowest BCUT2D eigenvalue weighted by molar-refractivity contribution is -0.151. The number of likely N-dealkylation sites (tertiary alicyclic amines) is 1. The van der Waals surface area contributed by atoms with Crippen LogP contribution in [0.4, 0.5) is 0 Å². The summed E-state index contributed by atoms with van der Waals surface area (Å²) >= 11 is 0. The van der Waals surface area contributed by atoms with Crippen LogP contribution in [0.2, 0.25) is 0 Å². The van der Waals surface area contributed by atoms with Crippen LogP contribution in [0.1, 0.15) is 26.7 Å². The molecule has 1 N–H and O–H groups in total. The molecule has 0 radical (unpaired) electrons. The molecule has 0 aromatic carbocycles. The number of hydrogen-bond donors (Lipinski definition) is 1. The van der Waals surface area contributed by atoms with Crippen molar-refractivity contribution in [3.05, 3.63) is 0 Å². The van der Waals surface area contributed by atoms with Crippen molar-refractivity contribution in [2.45, 2.75) is 44.9 Å². The number of aliphatic carboxylic acids is 1. The first-order valence-electron chi connectivity index (χ1n) is 6.14. The number of hydrogen-bond acceptors (Lipinski definition) is 5. The predicted octanol–water partition coefficient (Wildman–Crippen LogP) is 0.502. The van der Waals surface area contributed by atoms with Crippen LogP contribution in [0.15, 0.2) is 0 Å². The van der Waals surface area contributed by atoms with Crippen molar-refractivity contribution in [3.8, 4) is 0 Å². The normalized spacial score (nSPS) is 24.4. The summed E-state index contributed by atoms with van der Waals surface area (Å²) in [6, 6.07) is -0.203. The minimum atomic E-state index is -0.900. The molecule has 0 amide bonds. The highest BCUT2D eigenvalue weighted by Gasteiger charge is 2.41. The van der Waals surface area contributed by atoms with Crippen LogP contribution in [-0.2, 0) is 19.1 Å². The van der Waals surface area contributed by atoms with Gasteiger partial charge in [0.1, 0.15) is 6.04 Å². The average molecular weight is 259 g/mol. The van der Waals surface area contributed by atoms with E-state index in [2.05, 4.69) is 0 Å². The molecule has 0 aliphatic carbocycles. The van der Waals surface area contributed by atoms with E-state index in [1.54, 1.807) is 0 Å². The molecule has 1 rings (SSSR count). The summed E-state index contributed by atoms with van der Waals surface area (Å²) in [5.74, 6) is -1.22. The van der Waals surface area contributed by atoms with Gasteiger partial charge in [0.05, 0.1) is 26.2 Å². The maximum absolute atomic E-state index is 11.8. The fraction of sp³-hybridized carbons (Fsp3) is 0.833. The van der Waals surface area contributed by atoms with Gasteiger partial charge < -0.3 is 14.6 Å². The van der Waals surface area contributed by atoms with Gasteiger partial charge in [-0.05, 0) is 20.3 Å². The number of rotatable bonds is 6. The van der Waals surface area contributed by atoms with Crippen LogP contribution < -0.4 is 0 Å². The number of carbonyl (C=O) groups excluding carboxylic acids is 1. The molecular weight excluding hydrogens is 238 g/mol. The van der Waals surface area contributed by atoms with Gasteiger partial charge in [-0.2, -0.15) is 0 Å². The third-order valence-electron chi connectivity index (χ3n) is 3.14.